The molecule has 1 heterocycles. The van der Waals surface area contributed by atoms with Crippen LogP contribution in [0.5, 0.6) is 0 Å². The fourth-order valence-corrected chi connectivity index (χ4v) is 6.59. The molecule has 0 spiro atoms. The maximum Gasteiger partial charge on any atom is 0.137 e. The Bertz CT molecular complexity index is 1540. The molecule has 0 unspecified atom stereocenters. The summed E-state index contributed by atoms with van der Waals surface area (Å²) in [4.78, 5) is 1.10. The van der Waals surface area contributed by atoms with E-state index in [9.17, 15) is 0 Å². The Hall–Kier alpha value is -3.75. The van der Waals surface area contributed by atoms with Crippen LogP contribution in [0.2, 0.25) is 0 Å². The molecule has 0 saturated carbocycles. The van der Waals surface area contributed by atoms with Gasteiger partial charge in [0.2, 0.25) is 0 Å². The highest BCUT2D eigenvalue weighted by Gasteiger charge is 2.50. The van der Waals surface area contributed by atoms with E-state index < -0.39 is 18.3 Å². The second-order valence-electron chi connectivity index (χ2n) is 11.3. The van der Waals surface area contributed by atoms with Crippen molar-refractivity contribution < 1.29 is 23.7 Å². The maximum absolute atomic E-state index is 6.93. The second kappa shape index (κ2) is 17.2. The SMILES string of the molecule is c1ccc(COC[C@@H](OCc2ccccc2)[C@@H]2O[C@H](Sc3ccccc3)[C@H](OCc3ccccc3)[C@H]2OCc2ccccc2)cc1. The lowest BCUT2D eigenvalue weighted by Crippen LogP contribution is -2.44. The Kier molecular flexibility index (Phi) is 12.1. The molecule has 0 bridgehead atoms. The summed E-state index contributed by atoms with van der Waals surface area (Å²) in [5, 5.41) is 0. The van der Waals surface area contributed by atoms with Gasteiger partial charge >= 0.3 is 0 Å². The van der Waals surface area contributed by atoms with Crippen molar-refractivity contribution in [3.63, 3.8) is 0 Å². The number of benzene rings is 5. The highest BCUT2D eigenvalue weighted by atomic mass is 32.2. The molecule has 1 aliphatic heterocycles. The molecule has 1 saturated heterocycles. The Labute approximate surface area is 276 Å². The summed E-state index contributed by atoms with van der Waals surface area (Å²) < 4.78 is 33.4. The van der Waals surface area contributed by atoms with Gasteiger partial charge in [-0.3, -0.25) is 0 Å². The molecule has 236 valence electrons. The zero-order chi connectivity index (χ0) is 31.2. The summed E-state index contributed by atoms with van der Waals surface area (Å²) in [6.45, 7) is 2.11. The van der Waals surface area contributed by atoms with Gasteiger partial charge in [0.1, 0.15) is 29.9 Å². The van der Waals surface area contributed by atoms with E-state index in [1.807, 2.05) is 91.0 Å². The molecule has 6 heteroatoms. The van der Waals surface area contributed by atoms with E-state index in [1.54, 1.807) is 11.8 Å². The largest absolute Gasteiger partial charge is 0.374 e. The van der Waals surface area contributed by atoms with Crippen LogP contribution in [0.15, 0.2) is 157 Å². The first-order valence-corrected chi connectivity index (χ1v) is 16.7. The lowest BCUT2D eigenvalue weighted by Gasteiger charge is -2.29. The Morgan fingerprint density at radius 1 is 0.500 bits per heavy atom. The van der Waals surface area contributed by atoms with E-state index in [1.165, 1.54) is 0 Å². The highest BCUT2D eigenvalue weighted by Crippen LogP contribution is 2.40. The summed E-state index contributed by atoms with van der Waals surface area (Å²) in [7, 11) is 0. The predicted molar refractivity (Wildman–Crippen MR) is 182 cm³/mol. The number of thioether (sulfide) groups is 1. The molecule has 46 heavy (non-hydrogen) atoms. The van der Waals surface area contributed by atoms with Gasteiger partial charge in [0.15, 0.2) is 0 Å². The number of hydrogen-bond acceptors (Lipinski definition) is 6. The van der Waals surface area contributed by atoms with Crippen molar-refractivity contribution in [1.29, 1.82) is 0 Å². The average molecular weight is 633 g/mol. The molecule has 0 amide bonds. The summed E-state index contributed by atoms with van der Waals surface area (Å²) in [6, 6.07) is 51.2. The van der Waals surface area contributed by atoms with Crippen LogP contribution in [0.4, 0.5) is 0 Å². The molecule has 5 nitrogen and oxygen atoms in total. The van der Waals surface area contributed by atoms with Crippen molar-refractivity contribution in [2.45, 2.75) is 61.2 Å². The van der Waals surface area contributed by atoms with Gasteiger partial charge in [-0.2, -0.15) is 0 Å². The average Bonchev–Trinajstić information content (AvgIpc) is 3.46. The van der Waals surface area contributed by atoms with Crippen molar-refractivity contribution in [2.75, 3.05) is 6.61 Å². The number of rotatable bonds is 16. The minimum absolute atomic E-state index is 0.325. The quantitative estimate of drug-likeness (QED) is 0.109. The van der Waals surface area contributed by atoms with Gasteiger partial charge < -0.3 is 23.7 Å². The molecule has 0 radical (unpaired) electrons. The molecule has 0 N–H and O–H groups in total. The summed E-state index contributed by atoms with van der Waals surface area (Å²) in [5.74, 6) is 0. The molecular formula is C40H40O5S. The van der Waals surface area contributed by atoms with E-state index in [0.29, 0.717) is 33.0 Å². The number of ether oxygens (including phenoxy) is 5. The second-order valence-corrected chi connectivity index (χ2v) is 12.4. The van der Waals surface area contributed by atoms with E-state index in [2.05, 4.69) is 60.7 Å². The Morgan fingerprint density at radius 3 is 1.46 bits per heavy atom. The maximum atomic E-state index is 6.93. The van der Waals surface area contributed by atoms with Crippen LogP contribution in [0.1, 0.15) is 22.3 Å². The van der Waals surface area contributed by atoms with Crippen LogP contribution in [-0.4, -0.2) is 36.5 Å². The molecule has 5 atom stereocenters. The van der Waals surface area contributed by atoms with E-state index in [4.69, 9.17) is 23.7 Å². The monoisotopic (exact) mass is 632 g/mol. The first-order chi connectivity index (χ1) is 22.8. The lowest BCUT2D eigenvalue weighted by molar-refractivity contribution is -0.138. The molecule has 0 aromatic heterocycles. The number of hydrogen-bond donors (Lipinski definition) is 0. The third-order valence-corrected chi connectivity index (χ3v) is 9.00. The fourth-order valence-electron chi connectivity index (χ4n) is 5.46. The molecule has 6 rings (SSSR count). The van der Waals surface area contributed by atoms with Crippen LogP contribution in [0, 0.1) is 0 Å². The Balaban J connectivity index is 1.28. The molecule has 0 aliphatic carbocycles. The summed E-state index contributed by atoms with van der Waals surface area (Å²) in [5.41, 5.74) is 4.05. The van der Waals surface area contributed by atoms with Gasteiger partial charge in [-0.05, 0) is 34.4 Å². The van der Waals surface area contributed by atoms with E-state index in [0.717, 1.165) is 27.1 Å². The van der Waals surface area contributed by atoms with Crippen LogP contribution >= 0.6 is 11.8 Å². The van der Waals surface area contributed by atoms with Crippen molar-refractivity contribution in [3.05, 3.63) is 174 Å². The van der Waals surface area contributed by atoms with Crippen LogP contribution in [0.25, 0.3) is 0 Å². The van der Waals surface area contributed by atoms with Crippen LogP contribution in [0.3, 0.4) is 0 Å². The first kappa shape index (κ1) is 32.2. The van der Waals surface area contributed by atoms with Gasteiger partial charge in [-0.1, -0.05) is 151 Å². The van der Waals surface area contributed by atoms with Crippen LogP contribution in [-0.2, 0) is 50.1 Å². The van der Waals surface area contributed by atoms with E-state index in [-0.39, 0.29) is 11.5 Å². The standard InChI is InChI=1S/C40H40O5S/c1-6-16-31(17-7-1)26-41-30-36(42-27-32-18-8-2-9-19-32)37-38(43-28-33-20-10-3-11-21-33)39(44-29-34-22-12-4-13-23-34)40(45-37)46-35-24-14-5-15-25-35/h1-25,36-40H,26-30H2/t36-,37+,38+,39-,40-/m1/s1. The minimum Gasteiger partial charge on any atom is -0.374 e. The smallest absolute Gasteiger partial charge is 0.137 e. The van der Waals surface area contributed by atoms with Crippen LogP contribution < -0.4 is 0 Å². The van der Waals surface area contributed by atoms with E-state index >= 15 is 0 Å². The third-order valence-electron chi connectivity index (χ3n) is 7.84. The van der Waals surface area contributed by atoms with Gasteiger partial charge in [-0.25, -0.2) is 0 Å². The molecular weight excluding hydrogens is 593 g/mol. The predicted octanol–water partition coefficient (Wildman–Crippen LogP) is 8.48. The first-order valence-electron chi connectivity index (χ1n) is 15.8. The van der Waals surface area contributed by atoms with Crippen molar-refractivity contribution in [1.82, 2.24) is 0 Å². The van der Waals surface area contributed by atoms with Crippen molar-refractivity contribution in [2.24, 2.45) is 0 Å². The van der Waals surface area contributed by atoms with Gasteiger partial charge in [0.25, 0.3) is 0 Å². The molecule has 5 aromatic rings. The normalized spacial score (nSPS) is 20.0. The minimum atomic E-state index is -0.440. The molecule has 1 aliphatic rings. The summed E-state index contributed by atoms with van der Waals surface area (Å²) in [6.07, 6.45) is -1.62. The zero-order valence-electron chi connectivity index (χ0n) is 25.8. The van der Waals surface area contributed by atoms with Gasteiger partial charge in [-0.15, -0.1) is 0 Å². The third kappa shape index (κ3) is 9.39. The van der Waals surface area contributed by atoms with Crippen molar-refractivity contribution in [3.8, 4) is 0 Å². The topological polar surface area (TPSA) is 46.2 Å². The fraction of sp³-hybridized carbons (Fsp3) is 0.250. The Morgan fingerprint density at radius 2 is 0.935 bits per heavy atom. The van der Waals surface area contributed by atoms with Crippen molar-refractivity contribution >= 4 is 11.8 Å². The highest BCUT2D eigenvalue weighted by molar-refractivity contribution is 7.99. The zero-order valence-corrected chi connectivity index (χ0v) is 26.6. The lowest BCUT2D eigenvalue weighted by atomic mass is 10.1. The van der Waals surface area contributed by atoms with Gasteiger partial charge in [0, 0.05) is 4.90 Å². The summed E-state index contributed by atoms with van der Waals surface area (Å²) >= 11 is 1.65. The molecule has 1 fully saturated rings. The molecule has 5 aromatic carbocycles. The van der Waals surface area contributed by atoms with Gasteiger partial charge in [0.05, 0.1) is 33.0 Å².